The summed E-state index contributed by atoms with van der Waals surface area (Å²) in [7, 11) is 0. The van der Waals surface area contributed by atoms with Crippen molar-refractivity contribution in [3.8, 4) is 0 Å². The quantitative estimate of drug-likeness (QED) is 0.721. The molecular weight excluding hydrogens is 356 g/mol. The highest BCUT2D eigenvalue weighted by atomic mass is 16.3. The Morgan fingerprint density at radius 2 is 2.07 bits per heavy atom. The number of nitrogens with one attached hydrogen (secondary N) is 2. The number of carbonyl (C=O) groups is 2. The van der Waals surface area contributed by atoms with E-state index in [0.29, 0.717) is 6.54 Å². The molecule has 0 spiro atoms. The predicted octanol–water partition coefficient (Wildman–Crippen LogP) is 2.86. The Labute approximate surface area is 167 Å². The second-order valence-electron chi connectivity index (χ2n) is 9.16. The molecule has 0 saturated heterocycles. The smallest absolute Gasteiger partial charge is 0.223 e. The first kappa shape index (κ1) is 20.9. The maximum atomic E-state index is 12.7. The molecule has 1 heterocycles. The van der Waals surface area contributed by atoms with Crippen LogP contribution in [0, 0.1) is 29.1 Å². The number of rotatable bonds is 5. The number of amides is 2. The third-order valence-corrected chi connectivity index (χ3v) is 7.35. The Kier molecular flexibility index (Phi) is 6.18. The van der Waals surface area contributed by atoms with Gasteiger partial charge in [0, 0.05) is 18.9 Å². The number of hydrogen-bond donors (Lipinski definition) is 3. The molecule has 1 aromatic rings. The number of aliphatic hydroxyl groups is 1. The lowest BCUT2D eigenvalue weighted by molar-refractivity contribution is -0.143. The monoisotopic (exact) mass is 390 g/mol. The Balaban J connectivity index is 1.68. The van der Waals surface area contributed by atoms with E-state index in [2.05, 4.69) is 24.5 Å². The Hall–Kier alpha value is -1.82. The van der Waals surface area contributed by atoms with Gasteiger partial charge < -0.3 is 20.2 Å². The molecule has 0 aliphatic heterocycles. The second-order valence-corrected chi connectivity index (χ2v) is 9.16. The molecule has 0 bridgehead atoms. The molecule has 3 N–H and O–H groups in total. The minimum absolute atomic E-state index is 0.0204. The van der Waals surface area contributed by atoms with Crippen LogP contribution in [0.1, 0.15) is 59.1 Å². The summed E-state index contributed by atoms with van der Waals surface area (Å²) < 4.78 is 5.27. The summed E-state index contributed by atoms with van der Waals surface area (Å²) in [6.07, 6.45) is 4.84. The van der Waals surface area contributed by atoms with Crippen LogP contribution in [0.2, 0.25) is 0 Å². The molecule has 6 heteroatoms. The molecule has 2 aliphatic rings. The lowest BCUT2D eigenvalue weighted by Crippen LogP contribution is -2.58. The lowest BCUT2D eigenvalue weighted by atomic mass is 9.51. The van der Waals surface area contributed by atoms with E-state index in [4.69, 9.17) is 4.42 Å². The van der Waals surface area contributed by atoms with Crippen LogP contribution in [0.15, 0.2) is 22.8 Å². The van der Waals surface area contributed by atoms with E-state index in [1.54, 1.807) is 19.3 Å². The summed E-state index contributed by atoms with van der Waals surface area (Å²) in [4.78, 5) is 24.3. The highest BCUT2D eigenvalue weighted by molar-refractivity contribution is 5.78. The number of aliphatic hydroxyl groups excluding tert-OH is 1. The second kappa shape index (κ2) is 8.27. The van der Waals surface area contributed by atoms with E-state index < -0.39 is 6.10 Å². The van der Waals surface area contributed by atoms with E-state index in [0.717, 1.165) is 31.4 Å². The SMILES string of the molecule is CC(=O)N[C@H]1CC[C@]2(C)CC[C@@H]([C@H](C)C(=O)NCc3ccco3)[C@H](O)[C@H]2[C@@H]1C. The van der Waals surface area contributed by atoms with Crippen LogP contribution < -0.4 is 10.6 Å². The standard InChI is InChI=1S/C22H34N2O4/c1-13(21(27)23-12-16-6-5-11-28-16)17-7-9-22(4)10-8-18(24-15(3)25)14(2)19(22)20(17)26/h5-6,11,13-14,17-20,26H,7-10,12H2,1-4H3,(H,23,27)(H,24,25)/t13-,14+,17-,18-,19+,20-,22-/m0/s1. The maximum Gasteiger partial charge on any atom is 0.223 e. The molecule has 2 saturated carbocycles. The largest absolute Gasteiger partial charge is 0.467 e. The third-order valence-electron chi connectivity index (χ3n) is 7.35. The minimum Gasteiger partial charge on any atom is -0.467 e. The summed E-state index contributed by atoms with van der Waals surface area (Å²) in [6, 6.07) is 3.72. The van der Waals surface area contributed by atoms with Gasteiger partial charge in [-0.2, -0.15) is 0 Å². The highest BCUT2D eigenvalue weighted by Gasteiger charge is 2.53. The topological polar surface area (TPSA) is 91.6 Å². The summed E-state index contributed by atoms with van der Waals surface area (Å²) >= 11 is 0. The van der Waals surface area contributed by atoms with Crippen molar-refractivity contribution in [1.82, 2.24) is 10.6 Å². The first-order valence-electron chi connectivity index (χ1n) is 10.5. The van der Waals surface area contributed by atoms with Crippen LogP contribution >= 0.6 is 0 Å². The fraction of sp³-hybridized carbons (Fsp3) is 0.727. The molecule has 6 nitrogen and oxygen atoms in total. The molecule has 3 rings (SSSR count). The molecular formula is C22H34N2O4. The Morgan fingerprint density at radius 1 is 1.36 bits per heavy atom. The van der Waals surface area contributed by atoms with Gasteiger partial charge in [-0.1, -0.05) is 20.8 Å². The van der Waals surface area contributed by atoms with Crippen molar-refractivity contribution < 1.29 is 19.1 Å². The lowest BCUT2D eigenvalue weighted by Gasteiger charge is -2.56. The predicted molar refractivity (Wildman–Crippen MR) is 106 cm³/mol. The van der Waals surface area contributed by atoms with Gasteiger partial charge in [0.25, 0.3) is 0 Å². The fourth-order valence-electron chi connectivity index (χ4n) is 5.70. The zero-order valence-corrected chi connectivity index (χ0v) is 17.4. The minimum atomic E-state index is -0.547. The van der Waals surface area contributed by atoms with Gasteiger partial charge in [-0.15, -0.1) is 0 Å². The zero-order chi connectivity index (χ0) is 20.5. The van der Waals surface area contributed by atoms with Gasteiger partial charge in [0.15, 0.2) is 0 Å². The van der Waals surface area contributed by atoms with Crippen LogP contribution in [0.3, 0.4) is 0 Å². The van der Waals surface area contributed by atoms with Crippen molar-refractivity contribution in [1.29, 1.82) is 0 Å². The van der Waals surface area contributed by atoms with Gasteiger partial charge in [-0.25, -0.2) is 0 Å². The molecule has 0 aromatic carbocycles. The van der Waals surface area contributed by atoms with Crippen LogP contribution in [0.4, 0.5) is 0 Å². The average Bonchev–Trinajstić information content (AvgIpc) is 3.15. The Morgan fingerprint density at radius 3 is 2.71 bits per heavy atom. The van der Waals surface area contributed by atoms with Gasteiger partial charge in [0.1, 0.15) is 5.76 Å². The normalized spacial score (nSPS) is 36.2. The molecule has 2 aliphatic carbocycles. The molecule has 28 heavy (non-hydrogen) atoms. The van der Waals surface area contributed by atoms with Crippen LogP contribution in [0.5, 0.6) is 0 Å². The van der Waals surface area contributed by atoms with Gasteiger partial charge in [-0.05, 0) is 61.0 Å². The number of hydrogen-bond acceptors (Lipinski definition) is 4. The average molecular weight is 391 g/mol. The number of furan rings is 1. The molecule has 2 amide bonds. The Bertz CT molecular complexity index is 689. The molecule has 7 atom stereocenters. The summed E-state index contributed by atoms with van der Waals surface area (Å²) in [5.74, 6) is 0.558. The van der Waals surface area contributed by atoms with Gasteiger partial charge in [0.2, 0.25) is 11.8 Å². The summed E-state index contributed by atoms with van der Waals surface area (Å²) in [5.41, 5.74) is 0.0642. The van der Waals surface area contributed by atoms with Crippen molar-refractivity contribution >= 4 is 11.8 Å². The zero-order valence-electron chi connectivity index (χ0n) is 17.4. The van der Waals surface area contributed by atoms with Gasteiger partial charge >= 0.3 is 0 Å². The van der Waals surface area contributed by atoms with Crippen LogP contribution in [0.25, 0.3) is 0 Å². The van der Waals surface area contributed by atoms with Crippen LogP contribution in [-0.2, 0) is 16.1 Å². The van der Waals surface area contributed by atoms with E-state index in [1.165, 1.54) is 0 Å². The summed E-state index contributed by atoms with van der Waals surface area (Å²) in [5, 5.41) is 17.3. The fourth-order valence-corrected chi connectivity index (χ4v) is 5.70. The van der Waals surface area contributed by atoms with Crippen molar-refractivity contribution in [3.05, 3.63) is 24.2 Å². The first-order valence-corrected chi connectivity index (χ1v) is 10.5. The van der Waals surface area contributed by atoms with E-state index in [9.17, 15) is 14.7 Å². The maximum absolute atomic E-state index is 12.7. The van der Waals surface area contributed by atoms with Crippen molar-refractivity contribution in [3.63, 3.8) is 0 Å². The molecule has 0 unspecified atom stereocenters. The first-order chi connectivity index (χ1) is 13.2. The highest BCUT2D eigenvalue weighted by Crippen LogP contribution is 2.55. The summed E-state index contributed by atoms with van der Waals surface area (Å²) in [6.45, 7) is 8.22. The molecule has 156 valence electrons. The number of carbonyl (C=O) groups excluding carboxylic acids is 2. The molecule has 1 aromatic heterocycles. The number of fused-ring (bicyclic) bond motifs is 1. The van der Waals surface area contributed by atoms with Crippen molar-refractivity contribution in [2.75, 3.05) is 0 Å². The van der Waals surface area contributed by atoms with Crippen molar-refractivity contribution in [2.45, 2.75) is 72.1 Å². The van der Waals surface area contributed by atoms with Crippen molar-refractivity contribution in [2.24, 2.45) is 29.1 Å². The molecule has 0 radical (unpaired) electrons. The van der Waals surface area contributed by atoms with Gasteiger partial charge in [0.05, 0.1) is 18.9 Å². The third kappa shape index (κ3) is 4.12. The van der Waals surface area contributed by atoms with Gasteiger partial charge in [-0.3, -0.25) is 9.59 Å². The van der Waals surface area contributed by atoms with E-state index in [1.807, 2.05) is 13.0 Å². The van der Waals surface area contributed by atoms with E-state index >= 15 is 0 Å². The van der Waals surface area contributed by atoms with E-state index in [-0.39, 0.29) is 46.9 Å². The molecule has 2 fully saturated rings. The van der Waals surface area contributed by atoms with Crippen LogP contribution in [-0.4, -0.2) is 29.1 Å².